The number of hydrogen-bond donors (Lipinski definition) is 3. The van der Waals surface area contributed by atoms with E-state index in [-0.39, 0.29) is 11.9 Å². The van der Waals surface area contributed by atoms with Gasteiger partial charge in [-0.1, -0.05) is 0 Å². The van der Waals surface area contributed by atoms with E-state index in [4.69, 9.17) is 0 Å². The first-order chi connectivity index (χ1) is 5.99. The molecule has 1 fully saturated rings. The van der Waals surface area contributed by atoms with Gasteiger partial charge >= 0.3 is 0 Å². The zero-order chi connectivity index (χ0) is 9.90. The molecule has 1 atom stereocenters. The first kappa shape index (κ1) is 10.5. The molecule has 0 spiro atoms. The van der Waals surface area contributed by atoms with Gasteiger partial charge < -0.3 is 15.7 Å². The molecular formula is C9H18N2O2. The molecule has 4 heteroatoms. The summed E-state index contributed by atoms with van der Waals surface area (Å²) in [6.07, 6.45) is 1.96. The summed E-state index contributed by atoms with van der Waals surface area (Å²) in [5.41, 5.74) is -0.825. The zero-order valence-electron chi connectivity index (χ0n) is 8.26. The average Bonchev–Trinajstić information content (AvgIpc) is 2.50. The van der Waals surface area contributed by atoms with Crippen LogP contribution in [0.5, 0.6) is 0 Å². The lowest BCUT2D eigenvalue weighted by Crippen LogP contribution is -2.45. The summed E-state index contributed by atoms with van der Waals surface area (Å²) in [5, 5.41) is 15.2. The van der Waals surface area contributed by atoms with Gasteiger partial charge in [0.2, 0.25) is 5.91 Å². The van der Waals surface area contributed by atoms with Gasteiger partial charge in [0.25, 0.3) is 0 Å². The van der Waals surface area contributed by atoms with Gasteiger partial charge in [0.1, 0.15) is 0 Å². The maximum atomic E-state index is 11.4. The summed E-state index contributed by atoms with van der Waals surface area (Å²) < 4.78 is 0. The van der Waals surface area contributed by atoms with Crippen molar-refractivity contribution in [3.8, 4) is 0 Å². The summed E-state index contributed by atoms with van der Waals surface area (Å²) in [5.74, 6) is -0.000347. The summed E-state index contributed by atoms with van der Waals surface area (Å²) in [6, 6.07) is -0.0534. The summed E-state index contributed by atoms with van der Waals surface area (Å²) >= 11 is 0. The van der Waals surface area contributed by atoms with Crippen LogP contribution in [0.25, 0.3) is 0 Å². The highest BCUT2D eigenvalue weighted by Crippen LogP contribution is 2.05. The van der Waals surface area contributed by atoms with Gasteiger partial charge in [0, 0.05) is 6.54 Å². The number of carbonyl (C=O) groups excluding carboxylic acids is 1. The van der Waals surface area contributed by atoms with E-state index < -0.39 is 5.60 Å². The van der Waals surface area contributed by atoms with Crippen molar-refractivity contribution < 1.29 is 9.90 Å². The highest BCUT2D eigenvalue weighted by molar-refractivity contribution is 5.82. The number of amides is 1. The third-order valence-corrected chi connectivity index (χ3v) is 2.07. The van der Waals surface area contributed by atoms with Crippen molar-refractivity contribution in [1.82, 2.24) is 10.6 Å². The molecule has 0 bridgehead atoms. The van der Waals surface area contributed by atoms with Gasteiger partial charge in [0.05, 0.1) is 11.6 Å². The topological polar surface area (TPSA) is 61.4 Å². The smallest absolute Gasteiger partial charge is 0.237 e. The van der Waals surface area contributed by atoms with Crippen molar-refractivity contribution in [3.05, 3.63) is 0 Å². The molecule has 1 aliphatic heterocycles. The number of aliphatic hydroxyl groups is 1. The van der Waals surface area contributed by atoms with Crippen molar-refractivity contribution >= 4 is 5.91 Å². The maximum absolute atomic E-state index is 11.4. The standard InChI is InChI=1S/C9H18N2O2/c1-9(2,13)6-11-8(12)7-4-3-5-10-7/h7,10,13H,3-6H2,1-2H3,(H,11,12). The van der Waals surface area contributed by atoms with Crippen LogP contribution in [-0.4, -0.2) is 35.7 Å². The second kappa shape index (κ2) is 4.07. The SMILES string of the molecule is CC(C)(O)CNC(=O)C1CCCN1. The van der Waals surface area contributed by atoms with Crippen molar-refractivity contribution in [1.29, 1.82) is 0 Å². The Kier molecular flexibility index (Phi) is 3.27. The van der Waals surface area contributed by atoms with Crippen molar-refractivity contribution in [2.24, 2.45) is 0 Å². The first-order valence-corrected chi connectivity index (χ1v) is 4.72. The van der Waals surface area contributed by atoms with Gasteiger partial charge in [-0.05, 0) is 33.2 Å². The molecule has 1 amide bonds. The highest BCUT2D eigenvalue weighted by Gasteiger charge is 2.23. The number of carbonyl (C=O) groups is 1. The lowest BCUT2D eigenvalue weighted by atomic mass is 10.1. The van der Waals surface area contributed by atoms with Gasteiger partial charge in [-0.2, -0.15) is 0 Å². The van der Waals surface area contributed by atoms with Gasteiger partial charge in [-0.3, -0.25) is 4.79 Å². The second-order valence-electron chi connectivity index (χ2n) is 4.18. The normalized spacial score (nSPS) is 23.2. The minimum absolute atomic E-state index is 0.000347. The van der Waals surface area contributed by atoms with Crippen molar-refractivity contribution in [3.63, 3.8) is 0 Å². The third kappa shape index (κ3) is 3.74. The molecule has 4 nitrogen and oxygen atoms in total. The average molecular weight is 186 g/mol. The van der Waals surface area contributed by atoms with E-state index in [1.165, 1.54) is 0 Å². The van der Waals surface area contributed by atoms with E-state index in [0.717, 1.165) is 19.4 Å². The van der Waals surface area contributed by atoms with Crippen LogP contribution >= 0.6 is 0 Å². The fourth-order valence-electron chi connectivity index (χ4n) is 1.33. The highest BCUT2D eigenvalue weighted by atomic mass is 16.3. The lowest BCUT2D eigenvalue weighted by Gasteiger charge is -2.19. The molecule has 0 aromatic heterocycles. The Morgan fingerprint density at radius 3 is 2.85 bits per heavy atom. The summed E-state index contributed by atoms with van der Waals surface area (Å²) in [6.45, 7) is 4.58. The predicted molar refractivity (Wildman–Crippen MR) is 50.3 cm³/mol. The Labute approximate surface area is 78.7 Å². The molecule has 0 aliphatic carbocycles. The Bertz CT molecular complexity index is 181. The van der Waals surface area contributed by atoms with E-state index in [0.29, 0.717) is 6.54 Å². The summed E-state index contributed by atoms with van der Waals surface area (Å²) in [7, 11) is 0. The van der Waals surface area contributed by atoms with Crippen molar-refractivity contribution in [2.45, 2.75) is 38.3 Å². The predicted octanol–water partition coefficient (Wildman–Crippen LogP) is -0.374. The molecule has 0 aromatic rings. The van der Waals surface area contributed by atoms with Gasteiger partial charge in [-0.15, -0.1) is 0 Å². The Hall–Kier alpha value is -0.610. The van der Waals surface area contributed by atoms with E-state index in [1.807, 2.05) is 0 Å². The third-order valence-electron chi connectivity index (χ3n) is 2.07. The van der Waals surface area contributed by atoms with Crippen LogP contribution in [0.4, 0.5) is 0 Å². The second-order valence-corrected chi connectivity index (χ2v) is 4.18. The molecule has 13 heavy (non-hydrogen) atoms. The van der Waals surface area contributed by atoms with Crippen LogP contribution in [0.2, 0.25) is 0 Å². The number of nitrogens with one attached hydrogen (secondary N) is 2. The largest absolute Gasteiger partial charge is 0.389 e. The molecule has 0 aromatic carbocycles. The van der Waals surface area contributed by atoms with Gasteiger partial charge in [-0.25, -0.2) is 0 Å². The molecule has 1 unspecified atom stereocenters. The molecule has 76 valence electrons. The molecule has 0 radical (unpaired) electrons. The van der Waals surface area contributed by atoms with Gasteiger partial charge in [0.15, 0.2) is 0 Å². The van der Waals surface area contributed by atoms with E-state index in [1.54, 1.807) is 13.8 Å². The number of rotatable bonds is 3. The Morgan fingerprint density at radius 1 is 1.69 bits per heavy atom. The van der Waals surface area contributed by atoms with Crippen LogP contribution in [0.3, 0.4) is 0 Å². The van der Waals surface area contributed by atoms with Crippen molar-refractivity contribution in [2.75, 3.05) is 13.1 Å². The molecule has 1 rings (SSSR count). The zero-order valence-corrected chi connectivity index (χ0v) is 8.26. The Morgan fingerprint density at radius 2 is 2.38 bits per heavy atom. The molecule has 1 heterocycles. The Balaban J connectivity index is 2.25. The quantitative estimate of drug-likeness (QED) is 0.563. The fourth-order valence-corrected chi connectivity index (χ4v) is 1.33. The van der Waals surface area contributed by atoms with Crippen LogP contribution in [0.1, 0.15) is 26.7 Å². The minimum Gasteiger partial charge on any atom is -0.389 e. The van der Waals surface area contributed by atoms with Crippen LogP contribution in [0.15, 0.2) is 0 Å². The lowest BCUT2D eigenvalue weighted by molar-refractivity contribution is -0.123. The van der Waals surface area contributed by atoms with E-state index in [2.05, 4.69) is 10.6 Å². The van der Waals surface area contributed by atoms with E-state index in [9.17, 15) is 9.90 Å². The maximum Gasteiger partial charge on any atom is 0.237 e. The fraction of sp³-hybridized carbons (Fsp3) is 0.889. The molecule has 1 saturated heterocycles. The molecule has 3 N–H and O–H groups in total. The monoisotopic (exact) mass is 186 g/mol. The summed E-state index contributed by atoms with van der Waals surface area (Å²) in [4.78, 5) is 11.4. The van der Waals surface area contributed by atoms with Crippen LogP contribution < -0.4 is 10.6 Å². The molecular weight excluding hydrogens is 168 g/mol. The van der Waals surface area contributed by atoms with E-state index >= 15 is 0 Å². The van der Waals surface area contributed by atoms with Crippen LogP contribution in [0, 0.1) is 0 Å². The first-order valence-electron chi connectivity index (χ1n) is 4.72. The van der Waals surface area contributed by atoms with Crippen LogP contribution in [-0.2, 0) is 4.79 Å². The number of hydrogen-bond acceptors (Lipinski definition) is 3. The minimum atomic E-state index is -0.825. The molecule has 1 aliphatic rings. The molecule has 0 saturated carbocycles.